The normalized spacial score (nSPS) is 14.5. The second kappa shape index (κ2) is 9.76. The van der Waals surface area contributed by atoms with Crippen LogP contribution in [0.4, 0.5) is 16.2 Å². The molecule has 2 amide bonds. The lowest BCUT2D eigenvalue weighted by Gasteiger charge is -2.26. The maximum atomic E-state index is 12.4. The minimum Gasteiger partial charge on any atom is -0.379 e. The average Bonchev–Trinajstić information content (AvgIpc) is 3.32. The van der Waals surface area contributed by atoms with E-state index in [9.17, 15) is 4.79 Å². The van der Waals surface area contributed by atoms with Crippen LogP contribution in [0.5, 0.6) is 0 Å². The Balaban J connectivity index is 1.28. The van der Waals surface area contributed by atoms with Crippen LogP contribution in [0.1, 0.15) is 17.0 Å². The number of carbonyl (C=O) groups is 1. The summed E-state index contributed by atoms with van der Waals surface area (Å²) in [6.07, 6.45) is 3.51. The number of ether oxygens (including phenoxy) is 1. The van der Waals surface area contributed by atoms with Crippen molar-refractivity contribution >= 4 is 17.4 Å². The number of nitrogens with zero attached hydrogens (tertiary/aromatic N) is 5. The second-order valence-corrected chi connectivity index (χ2v) is 7.81. The molecule has 2 N–H and O–H groups in total. The molecule has 0 atom stereocenters. The van der Waals surface area contributed by atoms with Crippen molar-refractivity contribution in [1.82, 2.24) is 24.5 Å². The molecular weight excluding hydrogens is 394 g/mol. The molecule has 1 aromatic carbocycles. The van der Waals surface area contributed by atoms with Crippen LogP contribution in [0.25, 0.3) is 0 Å². The number of rotatable bonds is 7. The lowest BCUT2D eigenvalue weighted by molar-refractivity contribution is 0.0360. The number of aromatic nitrogens is 4. The zero-order valence-corrected chi connectivity index (χ0v) is 18.0. The fourth-order valence-electron chi connectivity index (χ4n) is 3.67. The first kappa shape index (κ1) is 21.1. The van der Waals surface area contributed by atoms with Gasteiger partial charge in [-0.1, -0.05) is 12.1 Å². The van der Waals surface area contributed by atoms with Gasteiger partial charge in [-0.2, -0.15) is 10.2 Å². The van der Waals surface area contributed by atoms with Crippen LogP contribution >= 0.6 is 0 Å². The smallest absolute Gasteiger partial charge is 0.323 e. The third-order valence-electron chi connectivity index (χ3n) is 5.26. The van der Waals surface area contributed by atoms with Crippen LogP contribution in [-0.4, -0.2) is 63.3 Å². The van der Waals surface area contributed by atoms with Crippen molar-refractivity contribution in [2.24, 2.45) is 0 Å². The number of amides is 2. The van der Waals surface area contributed by atoms with Crippen LogP contribution in [0.3, 0.4) is 0 Å². The molecule has 9 heteroatoms. The standard InChI is InChI=1S/C22H29N7O2/c1-17-12-18(2)29(26-17)15-19-4-3-5-20(13-19)24-22(30)25-21-14-23-28(16-21)7-6-27-8-10-31-11-9-27/h3-5,12-14,16H,6-11,15H2,1-2H3,(H2,24,25,30). The highest BCUT2D eigenvalue weighted by Crippen LogP contribution is 2.14. The van der Waals surface area contributed by atoms with Crippen molar-refractivity contribution in [1.29, 1.82) is 0 Å². The summed E-state index contributed by atoms with van der Waals surface area (Å²) >= 11 is 0. The van der Waals surface area contributed by atoms with Crippen molar-refractivity contribution in [2.75, 3.05) is 43.5 Å². The summed E-state index contributed by atoms with van der Waals surface area (Å²) in [6, 6.07) is 9.54. The molecule has 1 saturated heterocycles. The zero-order valence-electron chi connectivity index (χ0n) is 18.0. The van der Waals surface area contributed by atoms with Gasteiger partial charge in [0, 0.05) is 37.2 Å². The number of benzene rings is 1. The van der Waals surface area contributed by atoms with Crippen LogP contribution in [-0.2, 0) is 17.8 Å². The van der Waals surface area contributed by atoms with Gasteiger partial charge in [-0.3, -0.25) is 14.3 Å². The quantitative estimate of drug-likeness (QED) is 0.610. The van der Waals surface area contributed by atoms with Gasteiger partial charge < -0.3 is 15.4 Å². The Morgan fingerprint density at radius 1 is 1.10 bits per heavy atom. The second-order valence-electron chi connectivity index (χ2n) is 7.81. The largest absolute Gasteiger partial charge is 0.379 e. The number of morpholine rings is 1. The molecule has 0 aliphatic carbocycles. The topological polar surface area (TPSA) is 89.2 Å². The highest BCUT2D eigenvalue weighted by molar-refractivity contribution is 5.99. The third-order valence-corrected chi connectivity index (χ3v) is 5.26. The molecule has 0 bridgehead atoms. The fraction of sp³-hybridized carbons (Fsp3) is 0.409. The van der Waals surface area contributed by atoms with E-state index in [1.807, 2.05) is 53.7 Å². The van der Waals surface area contributed by atoms with Crippen LogP contribution < -0.4 is 10.6 Å². The first-order valence-corrected chi connectivity index (χ1v) is 10.6. The van der Waals surface area contributed by atoms with Gasteiger partial charge in [0.1, 0.15) is 0 Å². The van der Waals surface area contributed by atoms with E-state index in [0.29, 0.717) is 12.2 Å². The number of hydrogen-bond donors (Lipinski definition) is 2. The number of urea groups is 1. The Labute approximate surface area is 182 Å². The Morgan fingerprint density at radius 3 is 2.68 bits per heavy atom. The summed E-state index contributed by atoms with van der Waals surface area (Å²) in [5.41, 5.74) is 4.57. The van der Waals surface area contributed by atoms with E-state index in [0.717, 1.165) is 62.0 Å². The number of nitrogens with one attached hydrogen (secondary N) is 2. The van der Waals surface area contributed by atoms with Crippen molar-refractivity contribution in [3.8, 4) is 0 Å². The van der Waals surface area contributed by atoms with E-state index >= 15 is 0 Å². The van der Waals surface area contributed by atoms with E-state index in [2.05, 4.69) is 31.8 Å². The Morgan fingerprint density at radius 2 is 1.90 bits per heavy atom. The van der Waals surface area contributed by atoms with Crippen molar-refractivity contribution in [3.63, 3.8) is 0 Å². The fourth-order valence-corrected chi connectivity index (χ4v) is 3.67. The van der Waals surface area contributed by atoms with E-state index in [1.54, 1.807) is 6.20 Å². The molecule has 0 spiro atoms. The highest BCUT2D eigenvalue weighted by Gasteiger charge is 2.11. The first-order chi connectivity index (χ1) is 15.0. The molecule has 4 rings (SSSR count). The minimum atomic E-state index is -0.295. The maximum absolute atomic E-state index is 12.4. The number of hydrogen-bond acceptors (Lipinski definition) is 5. The first-order valence-electron chi connectivity index (χ1n) is 10.6. The van der Waals surface area contributed by atoms with Gasteiger partial charge in [0.2, 0.25) is 0 Å². The molecule has 0 saturated carbocycles. The van der Waals surface area contributed by atoms with E-state index in [4.69, 9.17) is 4.74 Å². The maximum Gasteiger partial charge on any atom is 0.323 e. The van der Waals surface area contributed by atoms with Gasteiger partial charge in [0.25, 0.3) is 0 Å². The molecule has 1 aliphatic heterocycles. The van der Waals surface area contributed by atoms with Gasteiger partial charge >= 0.3 is 6.03 Å². The molecule has 0 unspecified atom stereocenters. The van der Waals surface area contributed by atoms with Crippen molar-refractivity contribution < 1.29 is 9.53 Å². The van der Waals surface area contributed by atoms with Crippen LogP contribution in [0.2, 0.25) is 0 Å². The van der Waals surface area contributed by atoms with Gasteiger partial charge in [-0.15, -0.1) is 0 Å². The minimum absolute atomic E-state index is 0.295. The molecule has 1 fully saturated rings. The molecular formula is C22H29N7O2. The average molecular weight is 424 g/mol. The molecule has 3 heterocycles. The molecule has 31 heavy (non-hydrogen) atoms. The van der Waals surface area contributed by atoms with Crippen LogP contribution in [0, 0.1) is 13.8 Å². The van der Waals surface area contributed by atoms with Gasteiger partial charge in [-0.25, -0.2) is 4.79 Å². The number of aryl methyl sites for hydroxylation is 2. The van der Waals surface area contributed by atoms with Gasteiger partial charge in [0.15, 0.2) is 0 Å². The molecule has 2 aromatic heterocycles. The molecule has 1 aliphatic rings. The van der Waals surface area contributed by atoms with E-state index < -0.39 is 0 Å². The predicted molar refractivity (Wildman–Crippen MR) is 119 cm³/mol. The summed E-state index contributed by atoms with van der Waals surface area (Å²) in [4.78, 5) is 14.8. The van der Waals surface area contributed by atoms with Crippen LogP contribution in [0.15, 0.2) is 42.7 Å². The van der Waals surface area contributed by atoms with E-state index in [1.165, 1.54) is 0 Å². The summed E-state index contributed by atoms with van der Waals surface area (Å²) in [5.74, 6) is 0. The Kier molecular flexibility index (Phi) is 6.63. The molecule has 0 radical (unpaired) electrons. The van der Waals surface area contributed by atoms with Gasteiger partial charge in [-0.05, 0) is 37.6 Å². The zero-order chi connectivity index (χ0) is 21.6. The predicted octanol–water partition coefficient (Wildman–Crippen LogP) is 2.72. The SMILES string of the molecule is Cc1cc(C)n(Cc2cccc(NC(=O)Nc3cnn(CCN4CCOCC4)c3)c2)n1. The molecule has 9 nitrogen and oxygen atoms in total. The lowest BCUT2D eigenvalue weighted by atomic mass is 10.2. The molecule has 3 aromatic rings. The van der Waals surface area contributed by atoms with E-state index in [-0.39, 0.29) is 6.03 Å². The number of carbonyl (C=O) groups excluding carboxylic acids is 1. The third kappa shape index (κ3) is 5.93. The molecule has 164 valence electrons. The van der Waals surface area contributed by atoms with Crippen molar-refractivity contribution in [2.45, 2.75) is 26.9 Å². The summed E-state index contributed by atoms with van der Waals surface area (Å²) in [6.45, 7) is 9.85. The summed E-state index contributed by atoms with van der Waals surface area (Å²) in [5, 5.41) is 14.6. The summed E-state index contributed by atoms with van der Waals surface area (Å²) < 4.78 is 9.17. The Bertz CT molecular complexity index is 1020. The number of anilines is 2. The highest BCUT2D eigenvalue weighted by atomic mass is 16.5. The summed E-state index contributed by atoms with van der Waals surface area (Å²) in [7, 11) is 0. The monoisotopic (exact) mass is 423 g/mol. The Hall–Kier alpha value is -3.17. The van der Waals surface area contributed by atoms with Crippen molar-refractivity contribution in [3.05, 3.63) is 59.7 Å². The lowest BCUT2D eigenvalue weighted by Crippen LogP contribution is -2.38. The van der Waals surface area contributed by atoms with Gasteiger partial charge in [0.05, 0.1) is 43.9 Å².